The van der Waals surface area contributed by atoms with Crippen LogP contribution in [0.5, 0.6) is 5.75 Å². The number of benzene rings is 2. The van der Waals surface area contributed by atoms with Gasteiger partial charge in [0.1, 0.15) is 29.1 Å². The van der Waals surface area contributed by atoms with Gasteiger partial charge in [0, 0.05) is 38.6 Å². The topological polar surface area (TPSA) is 122 Å². The minimum absolute atomic E-state index is 0.00155. The van der Waals surface area contributed by atoms with E-state index in [9.17, 15) is 9.59 Å². The summed E-state index contributed by atoms with van der Waals surface area (Å²) in [6.07, 6.45) is 5.29. The number of methoxy groups -OCH3 is 1. The smallest absolute Gasteiger partial charge is 0.344 e. The molecule has 2 aromatic carbocycles. The number of alkyl halides is 1. The first-order valence-corrected chi connectivity index (χ1v) is 15.3. The van der Waals surface area contributed by atoms with Crippen LogP contribution in [0.4, 0.5) is 5.82 Å². The summed E-state index contributed by atoms with van der Waals surface area (Å²) in [5, 5.41) is 0.973. The van der Waals surface area contributed by atoms with Gasteiger partial charge in [-0.05, 0) is 55.9 Å². The van der Waals surface area contributed by atoms with Crippen LogP contribution in [0.3, 0.4) is 0 Å². The first kappa shape index (κ1) is 30.6. The Kier molecular flexibility index (Phi) is 10.3. The quantitative estimate of drug-likeness (QED) is 0.159. The molecule has 1 saturated carbocycles. The molecule has 2 N–H and O–H groups in total. The van der Waals surface area contributed by atoms with Crippen LogP contribution >= 0.6 is 11.6 Å². The molecule has 5 rings (SSSR count). The number of fused-ring (bicyclic) bond motifs is 3. The monoisotopic (exact) mass is 607 g/mol. The Morgan fingerprint density at radius 1 is 1.12 bits per heavy atom. The van der Waals surface area contributed by atoms with Crippen molar-refractivity contribution >= 4 is 51.2 Å². The fourth-order valence-electron chi connectivity index (χ4n) is 5.65. The Balaban J connectivity index is 1.27. The molecular weight excluding hydrogens is 570 g/mol. The number of nitrogen functional groups attached to an aromatic ring is 1. The van der Waals surface area contributed by atoms with Gasteiger partial charge in [-0.25, -0.2) is 14.8 Å². The first-order chi connectivity index (χ1) is 21.0. The summed E-state index contributed by atoms with van der Waals surface area (Å²) in [6.45, 7) is 1.81. The third-order valence-corrected chi connectivity index (χ3v) is 7.95. The number of hydrogen-bond donors (Lipinski definition) is 1. The van der Waals surface area contributed by atoms with E-state index in [0.717, 1.165) is 53.5 Å². The maximum absolute atomic E-state index is 12.9. The van der Waals surface area contributed by atoms with Crippen LogP contribution in [-0.2, 0) is 38.6 Å². The Morgan fingerprint density at radius 2 is 1.93 bits per heavy atom. The van der Waals surface area contributed by atoms with Gasteiger partial charge >= 0.3 is 5.97 Å². The fourth-order valence-corrected chi connectivity index (χ4v) is 5.82. The molecule has 10 nitrogen and oxygen atoms in total. The highest BCUT2D eigenvalue weighted by molar-refractivity contribution is 6.27. The summed E-state index contributed by atoms with van der Waals surface area (Å²) >= 11 is 6.00. The van der Waals surface area contributed by atoms with Crippen molar-refractivity contribution in [2.75, 3.05) is 38.5 Å². The van der Waals surface area contributed by atoms with E-state index in [2.05, 4.69) is 9.55 Å². The normalized spacial score (nSPS) is 13.5. The van der Waals surface area contributed by atoms with E-state index in [0.29, 0.717) is 56.2 Å². The molecule has 43 heavy (non-hydrogen) atoms. The first-order valence-electron chi connectivity index (χ1n) is 14.7. The summed E-state index contributed by atoms with van der Waals surface area (Å²) < 4.78 is 18.7. The van der Waals surface area contributed by atoms with E-state index in [-0.39, 0.29) is 30.5 Å². The maximum atomic E-state index is 12.9. The molecule has 0 atom stereocenters. The van der Waals surface area contributed by atoms with E-state index in [4.69, 9.17) is 36.5 Å². The average molecular weight is 608 g/mol. The molecule has 2 aromatic heterocycles. The molecule has 228 valence electrons. The zero-order valence-corrected chi connectivity index (χ0v) is 25.2. The number of aromatic nitrogens is 3. The molecule has 4 aromatic rings. The van der Waals surface area contributed by atoms with Gasteiger partial charge in [-0.2, -0.15) is 0 Å². The lowest BCUT2D eigenvalue weighted by atomic mass is 10.1. The number of pyridine rings is 1. The zero-order chi connectivity index (χ0) is 30.2. The highest BCUT2D eigenvalue weighted by Gasteiger charge is 2.21. The van der Waals surface area contributed by atoms with E-state index in [1.807, 2.05) is 42.5 Å². The van der Waals surface area contributed by atoms with Crippen LogP contribution in [-0.4, -0.2) is 70.2 Å². The van der Waals surface area contributed by atoms with Crippen LogP contribution in [0.15, 0.2) is 48.5 Å². The van der Waals surface area contributed by atoms with Crippen molar-refractivity contribution in [1.82, 2.24) is 19.4 Å². The van der Waals surface area contributed by atoms with Crippen molar-refractivity contribution in [3.05, 3.63) is 59.9 Å². The number of aryl methyl sites for hydroxylation is 1. The molecule has 1 aliphatic rings. The largest absolute Gasteiger partial charge is 0.482 e. The molecule has 1 fully saturated rings. The molecule has 1 aliphatic carbocycles. The molecular formula is C32H38ClN5O5. The Bertz CT molecular complexity index is 1570. The predicted molar refractivity (Wildman–Crippen MR) is 166 cm³/mol. The fraction of sp³-hybridized carbons (Fsp3) is 0.438. The van der Waals surface area contributed by atoms with Crippen molar-refractivity contribution in [2.24, 2.45) is 0 Å². The average Bonchev–Trinajstić information content (AvgIpc) is 3.66. The lowest BCUT2D eigenvalue weighted by Crippen LogP contribution is -2.33. The van der Waals surface area contributed by atoms with Gasteiger partial charge in [-0.1, -0.05) is 30.3 Å². The van der Waals surface area contributed by atoms with E-state index in [1.165, 1.54) is 0 Å². The van der Waals surface area contributed by atoms with Gasteiger partial charge < -0.3 is 29.4 Å². The number of amides is 1. The number of anilines is 1. The van der Waals surface area contributed by atoms with Crippen LogP contribution in [0.25, 0.3) is 21.9 Å². The standard InChI is InChI=1S/C32H38ClN5O5/c1-41-17-14-27-36-30-31(25-12-4-5-13-26(25)35-32(30)34)38(27)16-7-15-37(28(39)19-33)20-22-8-6-11-24(18-22)42-21-29(40)43-23-9-2-3-10-23/h4-6,8,11-13,18,23H,2-3,7,9-10,14-17,19-21H2,1H3,(H2,34,35). The molecule has 1 amide bonds. The Morgan fingerprint density at radius 3 is 2.72 bits per heavy atom. The summed E-state index contributed by atoms with van der Waals surface area (Å²) in [4.78, 5) is 36.2. The van der Waals surface area contributed by atoms with Crippen molar-refractivity contribution < 1.29 is 23.8 Å². The lowest BCUT2D eigenvalue weighted by molar-refractivity contribution is -0.151. The molecule has 0 saturated heterocycles. The van der Waals surface area contributed by atoms with Gasteiger partial charge in [0.2, 0.25) is 5.91 Å². The molecule has 0 radical (unpaired) electrons. The van der Waals surface area contributed by atoms with Gasteiger partial charge in [0.05, 0.1) is 17.6 Å². The number of carbonyl (C=O) groups is 2. The number of hydrogen-bond acceptors (Lipinski definition) is 8. The van der Waals surface area contributed by atoms with Gasteiger partial charge in [0.15, 0.2) is 12.4 Å². The number of nitrogens with zero attached hydrogens (tertiary/aromatic N) is 4. The van der Waals surface area contributed by atoms with Gasteiger partial charge in [0.25, 0.3) is 0 Å². The number of nitrogens with two attached hydrogens (primary N) is 1. The van der Waals surface area contributed by atoms with Crippen LogP contribution in [0.1, 0.15) is 43.5 Å². The molecule has 0 unspecified atom stereocenters. The third kappa shape index (κ3) is 7.55. The zero-order valence-electron chi connectivity index (χ0n) is 24.5. The number of carbonyl (C=O) groups excluding carboxylic acids is 2. The van der Waals surface area contributed by atoms with Crippen molar-refractivity contribution in [2.45, 2.75) is 57.7 Å². The minimum atomic E-state index is -0.363. The van der Waals surface area contributed by atoms with E-state index in [1.54, 1.807) is 18.1 Å². The minimum Gasteiger partial charge on any atom is -0.482 e. The van der Waals surface area contributed by atoms with Crippen molar-refractivity contribution in [3.63, 3.8) is 0 Å². The van der Waals surface area contributed by atoms with Gasteiger partial charge in [-0.15, -0.1) is 11.6 Å². The number of ether oxygens (including phenoxy) is 3. The molecule has 0 spiro atoms. The van der Waals surface area contributed by atoms with Crippen LogP contribution in [0, 0.1) is 0 Å². The highest BCUT2D eigenvalue weighted by Crippen LogP contribution is 2.29. The molecule has 0 bridgehead atoms. The molecule has 11 heteroatoms. The number of imidazole rings is 1. The second-order valence-corrected chi connectivity index (χ2v) is 11.0. The number of para-hydroxylation sites is 1. The molecule has 2 heterocycles. The summed E-state index contributed by atoms with van der Waals surface area (Å²) in [6, 6.07) is 15.3. The number of rotatable bonds is 14. The van der Waals surface area contributed by atoms with Crippen molar-refractivity contribution in [3.8, 4) is 5.75 Å². The number of esters is 1. The Hall–Kier alpha value is -3.89. The third-order valence-electron chi connectivity index (χ3n) is 7.72. The Labute approximate surface area is 256 Å². The predicted octanol–water partition coefficient (Wildman–Crippen LogP) is 4.88. The molecule has 0 aliphatic heterocycles. The van der Waals surface area contributed by atoms with Crippen molar-refractivity contribution in [1.29, 1.82) is 0 Å². The van der Waals surface area contributed by atoms with Crippen LogP contribution < -0.4 is 10.5 Å². The van der Waals surface area contributed by atoms with E-state index >= 15 is 0 Å². The highest BCUT2D eigenvalue weighted by atomic mass is 35.5. The van der Waals surface area contributed by atoms with Crippen LogP contribution in [0.2, 0.25) is 0 Å². The maximum Gasteiger partial charge on any atom is 0.344 e. The summed E-state index contributed by atoms with van der Waals surface area (Å²) in [5.41, 5.74) is 9.60. The van der Waals surface area contributed by atoms with E-state index < -0.39 is 0 Å². The number of halogens is 1. The SMILES string of the molecule is COCCc1nc2c(N)nc3ccccc3c2n1CCCN(Cc1cccc(OCC(=O)OC2CCCC2)c1)C(=O)CCl. The van der Waals surface area contributed by atoms with Gasteiger partial charge in [-0.3, -0.25) is 4.79 Å². The lowest BCUT2D eigenvalue weighted by Gasteiger charge is -2.23. The summed E-state index contributed by atoms with van der Waals surface area (Å²) in [5.74, 6) is 1.14. The summed E-state index contributed by atoms with van der Waals surface area (Å²) in [7, 11) is 1.66. The second-order valence-electron chi connectivity index (χ2n) is 10.8. The second kappa shape index (κ2) is 14.5.